The summed E-state index contributed by atoms with van der Waals surface area (Å²) in [7, 11) is -3.49. The molecule has 4 aromatic carbocycles. The van der Waals surface area contributed by atoms with Crippen LogP contribution in [0.25, 0.3) is 0 Å². The molecule has 9 heteroatoms. The fourth-order valence-corrected chi connectivity index (χ4v) is 10.6. The maximum Gasteiger partial charge on any atom is 0.375 e. The van der Waals surface area contributed by atoms with Gasteiger partial charge in [-0.3, -0.25) is 4.79 Å². The lowest BCUT2D eigenvalue weighted by atomic mass is 10.0. The van der Waals surface area contributed by atoms with E-state index >= 15 is 0 Å². The third-order valence-electron chi connectivity index (χ3n) is 6.27. The Morgan fingerprint density at radius 1 is 0.744 bits per heavy atom. The van der Waals surface area contributed by atoms with Crippen LogP contribution in [0.3, 0.4) is 0 Å². The highest BCUT2D eigenvalue weighted by atomic mass is 35.5. The van der Waals surface area contributed by atoms with Crippen molar-refractivity contribution in [2.45, 2.75) is 11.5 Å². The van der Waals surface area contributed by atoms with Crippen molar-refractivity contribution in [1.82, 2.24) is 0 Å². The van der Waals surface area contributed by atoms with Crippen LogP contribution in [0, 0.1) is 0 Å². The molecule has 0 aromatic heterocycles. The van der Waals surface area contributed by atoms with Gasteiger partial charge in [0.05, 0.1) is 22.2 Å². The molecule has 0 saturated carbocycles. The molecule has 0 radical (unpaired) electrons. The van der Waals surface area contributed by atoms with E-state index in [1.807, 2.05) is 54.6 Å². The van der Waals surface area contributed by atoms with Gasteiger partial charge >= 0.3 is 16.6 Å². The standard InChI is InChI=1S/C30H22Cl3O5P/c1-2-38-29(37)30(33,27(34)23-18-25(31)26(32)19-24(23)28(35)36)39(20-12-6-3-7-13-20,21-14-8-4-9-15-21)22-16-10-5-11-17-22/h3-19H,2H2,1H3/p+1. The Morgan fingerprint density at radius 3 is 1.49 bits per heavy atom. The maximum absolute atomic E-state index is 14.8. The average molecular weight is 601 g/mol. The summed E-state index contributed by atoms with van der Waals surface area (Å²) in [4.78, 5) is 41.2. The van der Waals surface area contributed by atoms with Crippen LogP contribution in [0.5, 0.6) is 0 Å². The molecule has 1 atom stereocenters. The van der Waals surface area contributed by atoms with E-state index in [1.54, 1.807) is 43.3 Å². The molecule has 0 aliphatic carbocycles. The van der Waals surface area contributed by atoms with Crippen LogP contribution in [0.4, 0.5) is 0 Å². The van der Waals surface area contributed by atoms with Crippen molar-refractivity contribution in [2.24, 2.45) is 0 Å². The number of aromatic carboxylic acids is 1. The smallest absolute Gasteiger partial charge is 0.375 e. The van der Waals surface area contributed by atoms with Gasteiger partial charge in [0.15, 0.2) is 7.26 Å². The second-order valence-corrected chi connectivity index (χ2v) is 13.7. The van der Waals surface area contributed by atoms with Crippen LogP contribution in [-0.4, -0.2) is 34.1 Å². The van der Waals surface area contributed by atoms with Crippen LogP contribution < -0.4 is 15.9 Å². The Kier molecular flexibility index (Phi) is 8.78. The fourth-order valence-electron chi connectivity index (χ4n) is 4.63. The van der Waals surface area contributed by atoms with E-state index in [-0.39, 0.29) is 22.2 Å². The van der Waals surface area contributed by atoms with Gasteiger partial charge in [0, 0.05) is 5.56 Å². The topological polar surface area (TPSA) is 80.7 Å². The molecule has 4 aromatic rings. The Bertz CT molecular complexity index is 1420. The molecule has 0 bridgehead atoms. The predicted octanol–water partition coefficient (Wildman–Crippen LogP) is 6.37. The van der Waals surface area contributed by atoms with E-state index in [0.717, 1.165) is 12.1 Å². The van der Waals surface area contributed by atoms with Crippen LogP contribution in [0.2, 0.25) is 10.0 Å². The van der Waals surface area contributed by atoms with Gasteiger partial charge in [-0.1, -0.05) is 89.4 Å². The molecule has 5 nitrogen and oxygen atoms in total. The average Bonchev–Trinajstić information content (AvgIpc) is 2.96. The first-order valence-corrected chi connectivity index (χ1v) is 14.8. The number of Topliss-reactive ketones (excluding diaryl/α,β-unsaturated/α-hetero) is 1. The number of hydrogen-bond acceptors (Lipinski definition) is 4. The van der Waals surface area contributed by atoms with Gasteiger partial charge in [0.1, 0.15) is 15.9 Å². The van der Waals surface area contributed by atoms with Gasteiger partial charge in [-0.05, 0) is 55.5 Å². The highest BCUT2D eigenvalue weighted by molar-refractivity contribution is 7.99. The number of carboxylic acid groups (broad SMARTS) is 1. The number of halogens is 3. The second-order valence-electron chi connectivity index (χ2n) is 8.47. The Labute approximate surface area is 241 Å². The van der Waals surface area contributed by atoms with Gasteiger partial charge in [-0.2, -0.15) is 0 Å². The van der Waals surface area contributed by atoms with Crippen molar-refractivity contribution in [3.8, 4) is 0 Å². The number of ether oxygens (including phenoxy) is 1. The highest BCUT2D eigenvalue weighted by Crippen LogP contribution is 2.69. The van der Waals surface area contributed by atoms with Crippen molar-refractivity contribution in [2.75, 3.05) is 6.61 Å². The summed E-state index contributed by atoms with van der Waals surface area (Å²) in [5.41, 5.74) is -0.789. The Balaban J connectivity index is 2.22. The van der Waals surface area contributed by atoms with E-state index in [2.05, 4.69) is 0 Å². The zero-order valence-corrected chi connectivity index (χ0v) is 23.8. The van der Waals surface area contributed by atoms with Gasteiger partial charge in [-0.25, -0.2) is 9.59 Å². The lowest BCUT2D eigenvalue weighted by molar-refractivity contribution is -0.142. The third kappa shape index (κ3) is 4.97. The number of carbonyl (C=O) groups excluding carboxylic acids is 2. The van der Waals surface area contributed by atoms with E-state index in [4.69, 9.17) is 39.5 Å². The summed E-state index contributed by atoms with van der Waals surface area (Å²) in [6, 6.07) is 29.3. The maximum atomic E-state index is 14.8. The molecule has 0 aliphatic rings. The second kappa shape index (κ2) is 11.9. The number of esters is 1. The minimum atomic E-state index is -3.49. The zero-order valence-electron chi connectivity index (χ0n) is 20.7. The molecule has 1 N–H and O–H groups in total. The van der Waals surface area contributed by atoms with Gasteiger partial charge < -0.3 is 9.84 Å². The van der Waals surface area contributed by atoms with Crippen LogP contribution in [0.1, 0.15) is 27.6 Å². The van der Waals surface area contributed by atoms with E-state index in [1.165, 1.54) is 0 Å². The number of rotatable bonds is 9. The first-order valence-electron chi connectivity index (χ1n) is 11.9. The summed E-state index contributed by atoms with van der Waals surface area (Å²) < 4.78 is 3.08. The molecule has 0 fully saturated rings. The molecule has 4 rings (SSSR count). The molecule has 0 spiro atoms. The van der Waals surface area contributed by atoms with Crippen LogP contribution in [0.15, 0.2) is 103 Å². The monoisotopic (exact) mass is 599 g/mol. The fraction of sp³-hybridized carbons (Fsp3) is 0.100. The molecule has 0 heterocycles. The summed E-state index contributed by atoms with van der Waals surface area (Å²) in [5.74, 6) is -3.38. The molecule has 198 valence electrons. The lowest BCUT2D eigenvalue weighted by Gasteiger charge is -2.37. The predicted molar refractivity (Wildman–Crippen MR) is 158 cm³/mol. The van der Waals surface area contributed by atoms with Gasteiger partial charge in [0.2, 0.25) is 5.78 Å². The van der Waals surface area contributed by atoms with Gasteiger partial charge in [-0.15, -0.1) is 0 Å². The normalized spacial score (nSPS) is 12.8. The first-order chi connectivity index (χ1) is 18.7. The van der Waals surface area contributed by atoms with E-state index in [9.17, 15) is 19.5 Å². The number of alkyl halides is 1. The van der Waals surface area contributed by atoms with Crippen LogP contribution >= 0.6 is 42.1 Å². The van der Waals surface area contributed by atoms with Crippen molar-refractivity contribution >= 4 is 75.7 Å². The van der Waals surface area contributed by atoms with Crippen LogP contribution in [-0.2, 0) is 9.53 Å². The summed E-state index contributed by atoms with van der Waals surface area (Å²) in [6.45, 7) is 1.54. The number of ketones is 1. The minimum Gasteiger partial charge on any atom is -0.478 e. The summed E-state index contributed by atoms with van der Waals surface area (Å²) in [5, 5.41) is 11.7. The first kappa shape index (κ1) is 28.8. The number of hydrogen-bond donors (Lipinski definition) is 1. The molecule has 0 amide bonds. The van der Waals surface area contributed by atoms with Crippen molar-refractivity contribution in [3.05, 3.63) is 124 Å². The van der Waals surface area contributed by atoms with Gasteiger partial charge in [0.25, 0.3) is 0 Å². The number of carbonyl (C=O) groups is 3. The largest absolute Gasteiger partial charge is 0.478 e. The molecule has 0 saturated heterocycles. The molecule has 39 heavy (non-hydrogen) atoms. The summed E-state index contributed by atoms with van der Waals surface area (Å²) >= 11 is 19.9. The molecule has 1 unspecified atom stereocenters. The zero-order chi connectivity index (χ0) is 28.2. The SMILES string of the molecule is CCOC(=O)C(Cl)(C(=O)c1cc(Cl)c(Cl)cc1C(=O)O)[P+](c1ccccc1)(c1ccccc1)c1ccccc1. The molecule has 0 aliphatic heterocycles. The van der Waals surface area contributed by atoms with E-state index < -0.39 is 35.2 Å². The minimum absolute atomic E-state index is 0.0582. The van der Waals surface area contributed by atoms with Crippen molar-refractivity contribution in [1.29, 1.82) is 0 Å². The van der Waals surface area contributed by atoms with E-state index in [0.29, 0.717) is 15.9 Å². The lowest BCUT2D eigenvalue weighted by Crippen LogP contribution is -2.54. The molecular formula is C30H23Cl3O5P+. The summed E-state index contributed by atoms with van der Waals surface area (Å²) in [6.07, 6.45) is 0. The van der Waals surface area contributed by atoms with Crippen molar-refractivity contribution < 1.29 is 24.2 Å². The number of carboxylic acids is 1. The number of benzene rings is 4. The Hall–Kier alpha value is -3.21. The Morgan fingerprint density at radius 2 is 1.13 bits per heavy atom. The van der Waals surface area contributed by atoms with Crippen molar-refractivity contribution in [3.63, 3.8) is 0 Å². The third-order valence-corrected chi connectivity index (χ3v) is 12.6. The highest BCUT2D eigenvalue weighted by Gasteiger charge is 2.72. The quantitative estimate of drug-likeness (QED) is 0.0794. The molecular weight excluding hydrogens is 578 g/mol.